The molecular weight excluding hydrogens is 387 g/mol. The predicted octanol–water partition coefficient (Wildman–Crippen LogP) is 4.16. The molecule has 7 nitrogen and oxygen atoms in total. The average Bonchev–Trinajstić information content (AvgIpc) is 2.98. The number of nitro groups is 1. The maximum Gasteiger partial charge on any atom is 0.269 e. The zero-order chi connectivity index (χ0) is 17.7. The van der Waals surface area contributed by atoms with E-state index in [9.17, 15) is 15.2 Å². The number of halogens is 2. The molecule has 0 unspecified atom stereocenters. The van der Waals surface area contributed by atoms with E-state index >= 15 is 0 Å². The first-order valence-electron chi connectivity index (χ1n) is 7.00. The zero-order valence-corrected chi connectivity index (χ0v) is 14.6. The summed E-state index contributed by atoms with van der Waals surface area (Å²) in [5.41, 5.74) is 0.893. The molecule has 1 aromatic heterocycles. The van der Waals surface area contributed by atoms with Crippen LogP contribution < -0.4 is 0 Å². The Kier molecular flexibility index (Phi) is 3.92. The number of benzene rings is 2. The maximum atomic E-state index is 10.9. The van der Waals surface area contributed by atoms with Gasteiger partial charge in [0.2, 0.25) is 0 Å². The third-order valence-corrected chi connectivity index (χ3v) is 5.29. The van der Waals surface area contributed by atoms with E-state index in [-0.39, 0.29) is 5.69 Å². The van der Waals surface area contributed by atoms with Crippen LogP contribution in [0.1, 0.15) is 11.8 Å². The summed E-state index contributed by atoms with van der Waals surface area (Å²) in [5.74, 6) is 0.338. The minimum Gasteiger partial charge on any atom is -0.368 e. The van der Waals surface area contributed by atoms with Crippen LogP contribution in [0.5, 0.6) is 0 Å². The Labute approximate surface area is 155 Å². The molecule has 0 fully saturated rings. The summed E-state index contributed by atoms with van der Waals surface area (Å²) in [6, 6.07) is 9.27. The number of aromatic nitrogens is 3. The lowest BCUT2D eigenvalue weighted by atomic mass is 10.1. The van der Waals surface area contributed by atoms with E-state index in [4.69, 9.17) is 23.2 Å². The molecule has 2 heterocycles. The molecule has 1 atom stereocenters. The van der Waals surface area contributed by atoms with Gasteiger partial charge in [0, 0.05) is 33.2 Å². The molecule has 0 bridgehead atoms. The Morgan fingerprint density at radius 2 is 2.04 bits per heavy atom. The lowest BCUT2D eigenvalue weighted by Gasteiger charge is -2.21. The Hall–Kier alpha value is -2.13. The summed E-state index contributed by atoms with van der Waals surface area (Å²) in [6.45, 7) is 0. The van der Waals surface area contributed by atoms with E-state index in [2.05, 4.69) is 10.1 Å². The van der Waals surface area contributed by atoms with Crippen molar-refractivity contribution < 1.29 is 10.0 Å². The van der Waals surface area contributed by atoms with Gasteiger partial charge in [-0.05, 0) is 36.0 Å². The Morgan fingerprint density at radius 3 is 2.76 bits per heavy atom. The topological polar surface area (TPSA) is 94.1 Å². The van der Waals surface area contributed by atoms with Crippen LogP contribution >= 0.6 is 35.0 Å². The molecule has 10 heteroatoms. The van der Waals surface area contributed by atoms with Gasteiger partial charge < -0.3 is 5.11 Å². The standard InChI is InChI=1S/C15H8Cl2N4O3S/c16-7-1-3-9(11(17)5-7)13-18-15-20(19-13)14(22)10-6-8(21(23)24)2-4-12(10)25-15/h1-6,14,22H/t14-/m0/s1. The first kappa shape index (κ1) is 16.3. The number of nitro benzene ring substituents is 1. The average molecular weight is 395 g/mol. The van der Waals surface area contributed by atoms with E-state index < -0.39 is 11.2 Å². The number of fused-ring (bicyclic) bond motifs is 2. The van der Waals surface area contributed by atoms with Crippen molar-refractivity contribution in [2.75, 3.05) is 0 Å². The molecule has 0 amide bonds. The van der Waals surface area contributed by atoms with Crippen LogP contribution in [-0.2, 0) is 0 Å². The van der Waals surface area contributed by atoms with Crippen molar-refractivity contribution in [3.05, 3.63) is 62.1 Å². The van der Waals surface area contributed by atoms with Crippen LogP contribution in [-0.4, -0.2) is 24.8 Å². The first-order valence-corrected chi connectivity index (χ1v) is 8.57. The molecule has 0 radical (unpaired) electrons. The monoisotopic (exact) mass is 394 g/mol. The SMILES string of the molecule is O=[N+]([O-])c1ccc2c(c1)[C@H](O)n1nc(-c3ccc(Cl)cc3Cl)nc1S2. The minimum absolute atomic E-state index is 0.0945. The number of nitrogens with zero attached hydrogens (tertiary/aromatic N) is 4. The Balaban J connectivity index is 1.79. The van der Waals surface area contributed by atoms with Gasteiger partial charge in [0.1, 0.15) is 0 Å². The van der Waals surface area contributed by atoms with Gasteiger partial charge >= 0.3 is 0 Å². The van der Waals surface area contributed by atoms with E-state index in [1.54, 1.807) is 24.3 Å². The molecule has 1 N–H and O–H groups in total. The van der Waals surface area contributed by atoms with Crippen molar-refractivity contribution in [3.8, 4) is 11.4 Å². The van der Waals surface area contributed by atoms with Gasteiger partial charge in [0.05, 0.1) is 9.95 Å². The molecule has 3 aromatic rings. The molecule has 0 saturated heterocycles. The van der Waals surface area contributed by atoms with Crippen LogP contribution in [0.25, 0.3) is 11.4 Å². The lowest BCUT2D eigenvalue weighted by molar-refractivity contribution is -0.385. The normalized spacial score (nSPS) is 15.6. The zero-order valence-electron chi connectivity index (χ0n) is 12.3. The first-order chi connectivity index (χ1) is 11.9. The number of hydrogen-bond donors (Lipinski definition) is 1. The molecule has 0 aliphatic carbocycles. The van der Waals surface area contributed by atoms with Gasteiger partial charge in [0.25, 0.3) is 5.69 Å². The van der Waals surface area contributed by atoms with Crippen molar-refractivity contribution >= 4 is 40.7 Å². The van der Waals surface area contributed by atoms with Crippen molar-refractivity contribution in [1.82, 2.24) is 14.8 Å². The molecule has 2 aromatic carbocycles. The summed E-state index contributed by atoms with van der Waals surface area (Å²) < 4.78 is 1.32. The highest BCUT2D eigenvalue weighted by Gasteiger charge is 2.29. The number of rotatable bonds is 2. The van der Waals surface area contributed by atoms with Crippen molar-refractivity contribution in [2.45, 2.75) is 16.3 Å². The third kappa shape index (κ3) is 2.77. The highest BCUT2D eigenvalue weighted by atomic mass is 35.5. The summed E-state index contributed by atoms with van der Waals surface area (Å²) in [6.07, 6.45) is -1.17. The number of aliphatic hydroxyl groups excluding tert-OH is 1. The van der Waals surface area contributed by atoms with E-state index in [0.717, 1.165) is 0 Å². The maximum absolute atomic E-state index is 10.9. The molecule has 1 aliphatic heterocycles. The third-order valence-electron chi connectivity index (χ3n) is 3.69. The van der Waals surface area contributed by atoms with Crippen LogP contribution in [0.4, 0.5) is 5.69 Å². The lowest BCUT2D eigenvalue weighted by Crippen LogP contribution is -2.17. The summed E-state index contributed by atoms with van der Waals surface area (Å²) in [4.78, 5) is 15.5. The largest absolute Gasteiger partial charge is 0.368 e. The van der Waals surface area contributed by atoms with Crippen molar-refractivity contribution in [2.24, 2.45) is 0 Å². The van der Waals surface area contributed by atoms with Gasteiger partial charge in [-0.15, -0.1) is 5.10 Å². The van der Waals surface area contributed by atoms with E-state index in [1.807, 2.05) is 0 Å². The minimum atomic E-state index is -1.17. The quantitative estimate of drug-likeness (QED) is 0.517. The number of non-ortho nitro benzene ring substituents is 1. The second-order valence-electron chi connectivity index (χ2n) is 5.24. The van der Waals surface area contributed by atoms with Gasteiger partial charge in [-0.2, -0.15) is 0 Å². The fraction of sp³-hybridized carbons (Fsp3) is 0.0667. The van der Waals surface area contributed by atoms with E-state index in [1.165, 1.54) is 28.6 Å². The fourth-order valence-electron chi connectivity index (χ4n) is 2.50. The van der Waals surface area contributed by atoms with Crippen LogP contribution in [0.2, 0.25) is 10.0 Å². The molecule has 4 rings (SSSR count). The van der Waals surface area contributed by atoms with Crippen LogP contribution in [0, 0.1) is 10.1 Å². The Bertz CT molecular complexity index is 1020. The van der Waals surface area contributed by atoms with Crippen LogP contribution in [0.15, 0.2) is 46.5 Å². The molecule has 0 saturated carbocycles. The second-order valence-corrected chi connectivity index (χ2v) is 7.09. The smallest absolute Gasteiger partial charge is 0.269 e. The molecule has 0 spiro atoms. The highest BCUT2D eigenvalue weighted by Crippen LogP contribution is 2.42. The molecule has 25 heavy (non-hydrogen) atoms. The summed E-state index contributed by atoms with van der Waals surface area (Å²) in [5, 5.41) is 27.2. The summed E-state index contributed by atoms with van der Waals surface area (Å²) in [7, 11) is 0. The van der Waals surface area contributed by atoms with E-state index in [0.29, 0.717) is 37.0 Å². The van der Waals surface area contributed by atoms with Crippen LogP contribution in [0.3, 0.4) is 0 Å². The predicted molar refractivity (Wildman–Crippen MR) is 93.1 cm³/mol. The van der Waals surface area contributed by atoms with Gasteiger partial charge in [-0.3, -0.25) is 10.1 Å². The highest BCUT2D eigenvalue weighted by molar-refractivity contribution is 7.99. The second kappa shape index (κ2) is 5.99. The summed E-state index contributed by atoms with van der Waals surface area (Å²) >= 11 is 13.4. The Morgan fingerprint density at radius 1 is 1.24 bits per heavy atom. The van der Waals surface area contributed by atoms with Gasteiger partial charge in [-0.1, -0.05) is 23.2 Å². The van der Waals surface area contributed by atoms with Gasteiger partial charge in [-0.25, -0.2) is 9.67 Å². The molecular formula is C15H8Cl2N4O3S. The number of aliphatic hydroxyl groups is 1. The van der Waals surface area contributed by atoms with Crippen molar-refractivity contribution in [3.63, 3.8) is 0 Å². The van der Waals surface area contributed by atoms with Crippen molar-refractivity contribution in [1.29, 1.82) is 0 Å². The van der Waals surface area contributed by atoms with Gasteiger partial charge in [0.15, 0.2) is 17.2 Å². The fourth-order valence-corrected chi connectivity index (χ4v) is 3.97. The number of hydrogen-bond acceptors (Lipinski definition) is 6. The molecule has 126 valence electrons. The molecule has 1 aliphatic rings.